The number of hydrogen-bond acceptors (Lipinski definition) is 7. The van der Waals surface area contributed by atoms with Crippen molar-refractivity contribution < 1.29 is 14.7 Å². The van der Waals surface area contributed by atoms with Crippen molar-refractivity contribution in [3.8, 4) is 0 Å². The van der Waals surface area contributed by atoms with Crippen LogP contribution in [0.15, 0.2) is 79.2 Å². The van der Waals surface area contributed by atoms with Crippen LogP contribution < -0.4 is 11.1 Å². The van der Waals surface area contributed by atoms with Crippen molar-refractivity contribution in [1.82, 2.24) is 23.7 Å². The number of pyridine rings is 2. The Morgan fingerprint density at radius 3 is 1.55 bits per heavy atom. The molecule has 1 aliphatic heterocycles. The van der Waals surface area contributed by atoms with Gasteiger partial charge in [-0.05, 0) is 96.0 Å². The number of fused-ring (bicyclic) bond motifs is 3. The number of aliphatic hydroxyl groups is 1. The second-order valence-electron chi connectivity index (χ2n) is 9.83. The summed E-state index contributed by atoms with van der Waals surface area (Å²) in [5, 5.41) is 9.52. The Bertz CT molecular complexity index is 2000. The second-order valence-corrected chi connectivity index (χ2v) is 11.4. The summed E-state index contributed by atoms with van der Waals surface area (Å²) in [4.78, 5) is 60.2. The second kappa shape index (κ2) is 11.3. The molecule has 0 aliphatic carbocycles. The molecule has 12 heteroatoms. The van der Waals surface area contributed by atoms with Crippen molar-refractivity contribution in [2.45, 2.75) is 39.8 Å². The van der Waals surface area contributed by atoms with E-state index in [2.05, 4.69) is 41.8 Å². The Morgan fingerprint density at radius 1 is 0.667 bits per heavy atom. The Balaban J connectivity index is 0.000000189. The van der Waals surface area contributed by atoms with Crippen molar-refractivity contribution in [2.24, 2.45) is 0 Å². The molecule has 1 aromatic carbocycles. The average Bonchev–Trinajstić information content (AvgIpc) is 3.22. The Morgan fingerprint density at radius 2 is 1.10 bits per heavy atom. The number of benzene rings is 1. The molecule has 0 radical (unpaired) electrons. The number of carbonyl (C=O) groups is 2. The van der Waals surface area contributed by atoms with Gasteiger partial charge in [0.05, 0.1) is 34.7 Å². The first-order valence-corrected chi connectivity index (χ1v) is 14.5. The maximum Gasteiger partial charge on any atom is 0.272 e. The fourth-order valence-electron chi connectivity index (χ4n) is 4.91. The normalized spacial score (nSPS) is 14.1. The van der Waals surface area contributed by atoms with Crippen molar-refractivity contribution in [3.63, 3.8) is 0 Å². The molecule has 42 heavy (non-hydrogen) atoms. The van der Waals surface area contributed by atoms with E-state index in [-0.39, 0.29) is 27.4 Å². The minimum Gasteiger partial charge on any atom is -0.387 e. The topological polar surface area (TPSA) is 126 Å². The minimum absolute atomic E-state index is 0.195. The first-order valence-electron chi connectivity index (χ1n) is 12.9. The summed E-state index contributed by atoms with van der Waals surface area (Å²) in [7, 11) is 0. The van der Waals surface area contributed by atoms with Crippen LogP contribution in [0, 0.1) is 13.8 Å². The molecule has 1 N–H and O–H groups in total. The lowest BCUT2D eigenvalue weighted by molar-refractivity contribution is 0.0591. The Hall–Kier alpha value is -4.00. The van der Waals surface area contributed by atoms with E-state index in [0.717, 1.165) is 16.3 Å². The van der Waals surface area contributed by atoms with Crippen LogP contribution >= 0.6 is 31.9 Å². The molecule has 6 rings (SSSR count). The highest BCUT2D eigenvalue weighted by Gasteiger charge is 2.40. The highest BCUT2D eigenvalue weighted by molar-refractivity contribution is 9.10. The molecule has 0 spiro atoms. The fourth-order valence-corrected chi connectivity index (χ4v) is 6.10. The quantitative estimate of drug-likeness (QED) is 0.265. The van der Waals surface area contributed by atoms with Gasteiger partial charge in [-0.25, -0.2) is 9.97 Å². The minimum atomic E-state index is -0.771. The predicted molar refractivity (Wildman–Crippen MR) is 164 cm³/mol. The number of aromatic nitrogens is 4. The van der Waals surface area contributed by atoms with Crippen molar-refractivity contribution in [2.75, 3.05) is 0 Å². The van der Waals surface area contributed by atoms with Crippen LogP contribution in [0.25, 0.3) is 11.3 Å². The standard InChI is InChI=1S/C19H14BrN3O3.C11H11BrN2O2/c1-10-6-5-9-14-21-16(15(20)19(26)22(10)14)11(2)23-17(24)12-7-3-4-8-13(12)18(23)25;1-6-4-3-5-8-13-10(7(2)15)9(12)11(16)14(6)8/h3-9,11H,1-2H3;3-5,7,15H,1-2H3. The van der Waals surface area contributed by atoms with Crippen LogP contribution in [-0.4, -0.2) is 40.6 Å². The van der Waals surface area contributed by atoms with E-state index in [4.69, 9.17) is 0 Å². The van der Waals surface area contributed by atoms with E-state index in [0.29, 0.717) is 38.3 Å². The average molecular weight is 695 g/mol. The SMILES string of the molecule is Cc1cccc2nc(C(C)N3C(=O)c4ccccc4C3=O)c(Br)c(=O)n12.Cc1cccc2nc(C(C)O)c(Br)c(=O)n12. The number of nitrogens with zero attached hydrogens (tertiary/aromatic N) is 5. The van der Waals surface area contributed by atoms with Crippen LogP contribution in [0.5, 0.6) is 0 Å². The molecule has 2 unspecified atom stereocenters. The molecule has 0 bridgehead atoms. The van der Waals surface area contributed by atoms with Crippen molar-refractivity contribution >= 4 is 55.0 Å². The number of halogens is 2. The summed E-state index contributed by atoms with van der Waals surface area (Å²) < 4.78 is 3.56. The number of amides is 2. The maximum atomic E-state index is 12.8. The van der Waals surface area contributed by atoms with E-state index in [1.54, 1.807) is 50.2 Å². The molecule has 0 saturated carbocycles. The molecule has 1 aliphatic rings. The molecule has 10 nitrogen and oxygen atoms in total. The van der Waals surface area contributed by atoms with Gasteiger partial charge in [0, 0.05) is 11.4 Å². The van der Waals surface area contributed by atoms with E-state index in [1.807, 2.05) is 38.1 Å². The monoisotopic (exact) mass is 693 g/mol. The largest absolute Gasteiger partial charge is 0.387 e. The number of aryl methyl sites for hydroxylation is 2. The first kappa shape index (κ1) is 29.5. The predicted octanol–water partition coefficient (Wildman–Crippen LogP) is 4.94. The molecule has 214 valence electrons. The summed E-state index contributed by atoms with van der Waals surface area (Å²) in [6, 6.07) is 16.8. The van der Waals surface area contributed by atoms with Crippen LogP contribution in [-0.2, 0) is 0 Å². The summed E-state index contributed by atoms with van der Waals surface area (Å²) >= 11 is 6.49. The van der Waals surface area contributed by atoms with Gasteiger partial charge in [-0.1, -0.05) is 24.3 Å². The molecule has 5 aromatic rings. The molecular weight excluding hydrogens is 670 g/mol. The van der Waals surface area contributed by atoms with Gasteiger partial charge in [0.2, 0.25) is 0 Å². The molecule has 0 fully saturated rings. The third-order valence-electron chi connectivity index (χ3n) is 7.03. The highest BCUT2D eigenvalue weighted by Crippen LogP contribution is 2.32. The number of carbonyl (C=O) groups excluding carboxylic acids is 2. The van der Waals surface area contributed by atoms with Gasteiger partial charge >= 0.3 is 0 Å². The van der Waals surface area contributed by atoms with Crippen LogP contribution in [0.4, 0.5) is 0 Å². The number of hydrogen-bond donors (Lipinski definition) is 1. The third-order valence-corrected chi connectivity index (χ3v) is 8.53. The van der Waals surface area contributed by atoms with E-state index < -0.39 is 12.1 Å². The number of rotatable bonds is 3. The summed E-state index contributed by atoms with van der Waals surface area (Å²) in [5.41, 5.74) is 3.58. The molecule has 0 saturated heterocycles. The Kier molecular flexibility index (Phi) is 7.97. The van der Waals surface area contributed by atoms with E-state index >= 15 is 0 Å². The smallest absolute Gasteiger partial charge is 0.272 e. The lowest BCUT2D eigenvalue weighted by Crippen LogP contribution is -2.34. The van der Waals surface area contributed by atoms with Crippen molar-refractivity contribution in [1.29, 1.82) is 0 Å². The first-order chi connectivity index (χ1) is 19.9. The fraction of sp³-hybridized carbons (Fsp3) is 0.200. The number of aliphatic hydroxyl groups excluding tert-OH is 1. The van der Waals surface area contributed by atoms with Gasteiger partial charge < -0.3 is 5.11 Å². The van der Waals surface area contributed by atoms with Gasteiger partial charge in [0.15, 0.2) is 0 Å². The molecular formula is C30H25Br2N5O5. The molecule has 5 heterocycles. The molecule has 2 amide bonds. The lowest BCUT2D eigenvalue weighted by atomic mass is 10.1. The zero-order valence-corrected chi connectivity index (χ0v) is 26.2. The van der Waals surface area contributed by atoms with Crippen LogP contribution in [0.1, 0.15) is 69.5 Å². The van der Waals surface area contributed by atoms with Gasteiger partial charge in [0.1, 0.15) is 20.2 Å². The van der Waals surface area contributed by atoms with Crippen molar-refractivity contribution in [3.05, 3.63) is 124 Å². The zero-order valence-electron chi connectivity index (χ0n) is 23.0. The summed E-state index contributed by atoms with van der Waals surface area (Å²) in [5.74, 6) is -0.757. The van der Waals surface area contributed by atoms with Crippen LogP contribution in [0.3, 0.4) is 0 Å². The molecule has 4 aromatic heterocycles. The highest BCUT2D eigenvalue weighted by atomic mass is 79.9. The lowest BCUT2D eigenvalue weighted by Gasteiger charge is -2.23. The van der Waals surface area contributed by atoms with Gasteiger partial charge in [-0.3, -0.25) is 32.9 Å². The van der Waals surface area contributed by atoms with Gasteiger partial charge in [-0.15, -0.1) is 0 Å². The summed E-state index contributed by atoms with van der Waals surface area (Å²) in [6.45, 7) is 6.93. The number of imide groups is 1. The van der Waals surface area contributed by atoms with E-state index in [9.17, 15) is 24.3 Å². The summed E-state index contributed by atoms with van der Waals surface area (Å²) in [6.07, 6.45) is -0.771. The maximum absolute atomic E-state index is 12.8. The van der Waals surface area contributed by atoms with Gasteiger partial charge in [0.25, 0.3) is 22.9 Å². The van der Waals surface area contributed by atoms with E-state index in [1.165, 1.54) is 8.80 Å². The molecule has 2 atom stereocenters. The third kappa shape index (κ3) is 4.89. The van der Waals surface area contributed by atoms with Gasteiger partial charge in [-0.2, -0.15) is 0 Å². The van der Waals surface area contributed by atoms with Crippen LogP contribution in [0.2, 0.25) is 0 Å². The zero-order chi connectivity index (χ0) is 30.5. The Labute approximate surface area is 256 Å².